The van der Waals surface area contributed by atoms with Gasteiger partial charge in [-0.25, -0.2) is 4.68 Å². The molecule has 2 rings (SSSR count). The maximum absolute atomic E-state index is 11.9. The number of nitro groups is 1. The lowest BCUT2D eigenvalue weighted by molar-refractivity contribution is -0.384. The Morgan fingerprint density at radius 3 is 2.83 bits per heavy atom. The summed E-state index contributed by atoms with van der Waals surface area (Å²) in [7, 11) is 0. The normalized spacial score (nSPS) is 10.6. The molecule has 0 aliphatic carbocycles. The molecule has 0 unspecified atom stereocenters. The fourth-order valence-electron chi connectivity index (χ4n) is 1.87. The Bertz CT molecular complexity index is 729. The molecule has 1 N–H and O–H groups in total. The first-order valence-electron chi connectivity index (χ1n) is 6.78. The molecule has 0 radical (unpaired) electrons. The van der Waals surface area contributed by atoms with Gasteiger partial charge in [-0.3, -0.25) is 14.9 Å². The number of hydrogen-bond donors (Lipinski definition) is 1. The number of aromatic nitrogens is 2. The second kappa shape index (κ2) is 7.10. The van der Waals surface area contributed by atoms with Crippen LogP contribution < -0.4 is 10.1 Å². The Morgan fingerprint density at radius 1 is 1.48 bits per heavy atom. The van der Waals surface area contributed by atoms with Crippen LogP contribution in [0.5, 0.6) is 5.75 Å². The molecule has 9 heteroatoms. The van der Waals surface area contributed by atoms with Crippen molar-refractivity contribution in [3.8, 4) is 5.75 Å². The van der Waals surface area contributed by atoms with Crippen molar-refractivity contribution in [1.82, 2.24) is 9.78 Å². The Hall–Kier alpha value is -2.61. The molecule has 8 nitrogen and oxygen atoms in total. The van der Waals surface area contributed by atoms with Gasteiger partial charge in [-0.1, -0.05) is 11.6 Å². The topological polar surface area (TPSA) is 99.3 Å². The van der Waals surface area contributed by atoms with Crippen molar-refractivity contribution in [2.45, 2.75) is 19.9 Å². The van der Waals surface area contributed by atoms with Gasteiger partial charge in [0.1, 0.15) is 11.6 Å². The molecule has 23 heavy (non-hydrogen) atoms. The zero-order valence-electron chi connectivity index (χ0n) is 12.5. The molecule has 0 saturated carbocycles. The highest BCUT2D eigenvalue weighted by Gasteiger charge is 2.13. The molecule has 0 aliphatic heterocycles. The molecule has 0 spiro atoms. The highest BCUT2D eigenvalue weighted by Crippen LogP contribution is 2.28. The third kappa shape index (κ3) is 4.19. The van der Waals surface area contributed by atoms with Gasteiger partial charge in [0, 0.05) is 24.2 Å². The number of amides is 1. The predicted octanol–water partition coefficient (Wildman–Crippen LogP) is 3.04. The third-order valence-corrected chi connectivity index (χ3v) is 3.21. The second-order valence-electron chi connectivity index (χ2n) is 4.96. The van der Waals surface area contributed by atoms with E-state index < -0.39 is 4.92 Å². The molecular formula is C14H15ClN4O4. The molecular weight excluding hydrogens is 324 g/mol. The van der Waals surface area contributed by atoms with Crippen molar-refractivity contribution in [2.24, 2.45) is 0 Å². The fourth-order valence-corrected chi connectivity index (χ4v) is 2.10. The number of halogens is 1. The number of benzene rings is 1. The van der Waals surface area contributed by atoms with Gasteiger partial charge >= 0.3 is 0 Å². The summed E-state index contributed by atoms with van der Waals surface area (Å²) >= 11 is 5.89. The van der Waals surface area contributed by atoms with Gasteiger partial charge in [0.15, 0.2) is 6.61 Å². The lowest BCUT2D eigenvalue weighted by Gasteiger charge is -2.12. The van der Waals surface area contributed by atoms with Crippen LogP contribution >= 0.6 is 11.6 Å². The number of nitrogens with zero attached hydrogens (tertiary/aromatic N) is 3. The van der Waals surface area contributed by atoms with Gasteiger partial charge in [0.2, 0.25) is 0 Å². The first-order valence-corrected chi connectivity index (χ1v) is 7.16. The van der Waals surface area contributed by atoms with E-state index in [4.69, 9.17) is 16.3 Å². The van der Waals surface area contributed by atoms with Gasteiger partial charge < -0.3 is 10.1 Å². The number of hydrogen-bond acceptors (Lipinski definition) is 5. The second-order valence-corrected chi connectivity index (χ2v) is 5.37. The molecule has 1 heterocycles. The van der Waals surface area contributed by atoms with E-state index in [2.05, 4.69) is 10.4 Å². The lowest BCUT2D eigenvalue weighted by Crippen LogP contribution is -2.22. The Balaban J connectivity index is 1.97. The molecule has 0 fully saturated rings. The van der Waals surface area contributed by atoms with E-state index in [0.717, 1.165) is 0 Å². The summed E-state index contributed by atoms with van der Waals surface area (Å²) in [4.78, 5) is 22.0. The molecule has 0 aliphatic rings. The number of nitro benzene ring substituents is 1. The van der Waals surface area contributed by atoms with Crippen LogP contribution in [0, 0.1) is 10.1 Å². The molecule has 2 aromatic rings. The molecule has 1 amide bonds. The van der Waals surface area contributed by atoms with Crippen LogP contribution in [0.1, 0.15) is 19.9 Å². The van der Waals surface area contributed by atoms with E-state index in [1.807, 2.05) is 13.8 Å². The first kappa shape index (κ1) is 16.8. The highest BCUT2D eigenvalue weighted by molar-refractivity contribution is 6.32. The quantitative estimate of drug-likeness (QED) is 0.644. The zero-order chi connectivity index (χ0) is 17.0. The van der Waals surface area contributed by atoms with Crippen molar-refractivity contribution in [3.05, 3.63) is 45.6 Å². The standard InChI is InChI=1S/C14H15ClN4O4/c1-9(2)18-13(5-6-16-18)17-14(20)8-23-12-4-3-10(19(21)22)7-11(12)15/h3-7,9H,8H2,1-2H3,(H,17,20). The van der Waals surface area contributed by atoms with E-state index in [9.17, 15) is 14.9 Å². The van der Waals surface area contributed by atoms with Crippen molar-refractivity contribution in [2.75, 3.05) is 11.9 Å². The van der Waals surface area contributed by atoms with Gasteiger partial charge in [0.05, 0.1) is 16.1 Å². The summed E-state index contributed by atoms with van der Waals surface area (Å²) in [6.45, 7) is 3.60. The summed E-state index contributed by atoms with van der Waals surface area (Å²) in [6.07, 6.45) is 1.59. The van der Waals surface area contributed by atoms with Crippen LogP contribution in [0.3, 0.4) is 0 Å². The first-order chi connectivity index (χ1) is 10.9. The maximum Gasteiger partial charge on any atom is 0.271 e. The van der Waals surface area contributed by atoms with E-state index in [-0.39, 0.29) is 35.0 Å². The average molecular weight is 339 g/mol. The average Bonchev–Trinajstić information content (AvgIpc) is 2.94. The summed E-state index contributed by atoms with van der Waals surface area (Å²) < 4.78 is 6.95. The van der Waals surface area contributed by atoms with Gasteiger partial charge in [0.25, 0.3) is 11.6 Å². The van der Waals surface area contributed by atoms with Crippen LogP contribution in [-0.2, 0) is 4.79 Å². The van der Waals surface area contributed by atoms with Crippen LogP contribution in [0.4, 0.5) is 11.5 Å². The number of carbonyl (C=O) groups is 1. The zero-order valence-corrected chi connectivity index (χ0v) is 13.3. The number of ether oxygens (including phenoxy) is 1. The van der Waals surface area contributed by atoms with Gasteiger partial charge in [-0.15, -0.1) is 0 Å². The monoisotopic (exact) mass is 338 g/mol. The minimum atomic E-state index is -0.560. The van der Waals surface area contributed by atoms with Crippen molar-refractivity contribution < 1.29 is 14.5 Å². The molecule has 0 saturated heterocycles. The highest BCUT2D eigenvalue weighted by atomic mass is 35.5. The number of rotatable bonds is 6. The summed E-state index contributed by atoms with van der Waals surface area (Å²) in [5.41, 5.74) is -0.146. The smallest absolute Gasteiger partial charge is 0.271 e. The Labute approximate surface area is 137 Å². The predicted molar refractivity (Wildman–Crippen MR) is 84.8 cm³/mol. The number of anilines is 1. The molecule has 1 aromatic heterocycles. The molecule has 0 bridgehead atoms. The Kier molecular flexibility index (Phi) is 5.17. The minimum Gasteiger partial charge on any atom is -0.482 e. The number of non-ortho nitro benzene ring substituents is 1. The maximum atomic E-state index is 11.9. The van der Waals surface area contributed by atoms with Gasteiger partial charge in [-0.2, -0.15) is 5.10 Å². The molecule has 0 atom stereocenters. The van der Waals surface area contributed by atoms with Crippen LogP contribution in [-0.4, -0.2) is 27.2 Å². The summed E-state index contributed by atoms with van der Waals surface area (Å²) in [5, 5.41) is 17.5. The van der Waals surface area contributed by atoms with Crippen LogP contribution in [0.2, 0.25) is 5.02 Å². The fraction of sp³-hybridized carbons (Fsp3) is 0.286. The van der Waals surface area contributed by atoms with E-state index in [1.54, 1.807) is 16.9 Å². The van der Waals surface area contributed by atoms with E-state index >= 15 is 0 Å². The Morgan fingerprint density at radius 2 is 2.22 bits per heavy atom. The molecule has 122 valence electrons. The van der Waals surface area contributed by atoms with Gasteiger partial charge in [-0.05, 0) is 19.9 Å². The largest absolute Gasteiger partial charge is 0.482 e. The minimum absolute atomic E-state index is 0.0687. The number of carbonyl (C=O) groups excluding carboxylic acids is 1. The van der Waals surface area contributed by atoms with Crippen molar-refractivity contribution in [3.63, 3.8) is 0 Å². The summed E-state index contributed by atoms with van der Waals surface area (Å²) in [5.74, 6) is 0.370. The molecule has 1 aromatic carbocycles. The summed E-state index contributed by atoms with van der Waals surface area (Å²) in [6, 6.07) is 5.56. The van der Waals surface area contributed by atoms with Crippen LogP contribution in [0.15, 0.2) is 30.5 Å². The van der Waals surface area contributed by atoms with Crippen molar-refractivity contribution >= 4 is 29.0 Å². The van der Waals surface area contributed by atoms with E-state index in [0.29, 0.717) is 5.82 Å². The lowest BCUT2D eigenvalue weighted by atomic mass is 10.3. The SMILES string of the molecule is CC(C)n1nccc1NC(=O)COc1ccc([N+](=O)[O-])cc1Cl. The van der Waals surface area contributed by atoms with Crippen molar-refractivity contribution in [1.29, 1.82) is 0 Å². The third-order valence-electron chi connectivity index (χ3n) is 2.91. The number of nitrogens with one attached hydrogen (secondary N) is 1. The van der Waals surface area contributed by atoms with Crippen LogP contribution in [0.25, 0.3) is 0 Å². The van der Waals surface area contributed by atoms with E-state index in [1.165, 1.54) is 18.2 Å².